The molecule has 0 bridgehead atoms. The summed E-state index contributed by atoms with van der Waals surface area (Å²) in [4.78, 5) is 23.9. The first-order valence-corrected chi connectivity index (χ1v) is 7.25. The van der Waals surface area contributed by atoms with Crippen molar-refractivity contribution in [3.63, 3.8) is 0 Å². The van der Waals surface area contributed by atoms with Crippen LogP contribution in [0.3, 0.4) is 0 Å². The fourth-order valence-corrected chi connectivity index (χ4v) is 2.07. The molecule has 0 radical (unpaired) electrons. The molecule has 0 N–H and O–H groups in total. The van der Waals surface area contributed by atoms with Gasteiger partial charge in [-0.15, -0.1) is 0 Å². The van der Waals surface area contributed by atoms with Crippen LogP contribution in [0.1, 0.15) is 33.3 Å². The van der Waals surface area contributed by atoms with Crippen LogP contribution < -0.4 is 9.47 Å². The zero-order valence-corrected chi connectivity index (χ0v) is 13.8. The number of ether oxygens (including phenoxy) is 4. The van der Waals surface area contributed by atoms with E-state index in [9.17, 15) is 9.59 Å². The minimum absolute atomic E-state index is 0.00126. The number of carbonyl (C=O) groups is 2. The van der Waals surface area contributed by atoms with Crippen LogP contribution in [0.15, 0.2) is 23.8 Å². The highest BCUT2D eigenvalue weighted by Crippen LogP contribution is 2.31. The molecule has 0 unspecified atom stereocenters. The molecule has 0 spiro atoms. The van der Waals surface area contributed by atoms with Crippen LogP contribution in [0.2, 0.25) is 0 Å². The minimum atomic E-state index is -1.25. The first kappa shape index (κ1) is 16.9. The predicted octanol–water partition coefficient (Wildman–Crippen LogP) is 2.70. The summed E-state index contributed by atoms with van der Waals surface area (Å²) in [5.41, 5.74) is 0.436. The van der Waals surface area contributed by atoms with Gasteiger partial charge in [-0.25, -0.2) is 9.59 Å². The minimum Gasteiger partial charge on any atom is -0.493 e. The molecule has 1 aromatic carbocycles. The van der Waals surface area contributed by atoms with Gasteiger partial charge in [0.25, 0.3) is 5.79 Å². The van der Waals surface area contributed by atoms with Crippen molar-refractivity contribution < 1.29 is 28.5 Å². The highest BCUT2D eigenvalue weighted by Gasteiger charge is 2.38. The van der Waals surface area contributed by atoms with Gasteiger partial charge in [-0.05, 0) is 37.6 Å². The summed E-state index contributed by atoms with van der Waals surface area (Å²) in [6.45, 7) is 6.82. The first-order valence-electron chi connectivity index (χ1n) is 7.25. The van der Waals surface area contributed by atoms with Crippen molar-refractivity contribution in [2.45, 2.75) is 39.6 Å². The second-order valence-electron chi connectivity index (χ2n) is 5.81. The Morgan fingerprint density at radius 3 is 2.22 bits per heavy atom. The van der Waals surface area contributed by atoms with Crippen molar-refractivity contribution in [2.24, 2.45) is 0 Å². The molecular weight excluding hydrogens is 300 g/mol. The van der Waals surface area contributed by atoms with Gasteiger partial charge in [0.15, 0.2) is 11.5 Å². The molecule has 0 aliphatic carbocycles. The molecule has 23 heavy (non-hydrogen) atoms. The second-order valence-corrected chi connectivity index (χ2v) is 5.81. The summed E-state index contributed by atoms with van der Waals surface area (Å²) < 4.78 is 21.0. The number of rotatable bonds is 4. The van der Waals surface area contributed by atoms with Crippen molar-refractivity contribution in [1.82, 2.24) is 0 Å². The molecule has 0 aromatic heterocycles. The van der Waals surface area contributed by atoms with Gasteiger partial charge in [0.1, 0.15) is 5.57 Å². The molecule has 124 valence electrons. The average Bonchev–Trinajstić information content (AvgIpc) is 2.42. The molecule has 0 amide bonds. The Hall–Kier alpha value is -2.50. The quantitative estimate of drug-likeness (QED) is 0.482. The molecule has 0 saturated carbocycles. The number of benzene rings is 1. The Balaban J connectivity index is 2.32. The maximum absolute atomic E-state index is 11.9. The van der Waals surface area contributed by atoms with Gasteiger partial charge in [-0.1, -0.05) is 6.07 Å². The van der Waals surface area contributed by atoms with Crippen LogP contribution in [0, 0.1) is 0 Å². The SMILES string of the molecule is COc1cc(C=C2C(=O)OC(C)(C)OC2=O)ccc1OC(C)C. The third kappa shape index (κ3) is 4.03. The number of methoxy groups -OCH3 is 1. The van der Waals surface area contributed by atoms with Crippen LogP contribution in [-0.2, 0) is 19.1 Å². The maximum Gasteiger partial charge on any atom is 0.348 e. The highest BCUT2D eigenvalue weighted by atomic mass is 16.7. The van der Waals surface area contributed by atoms with E-state index in [4.69, 9.17) is 18.9 Å². The molecule has 2 rings (SSSR count). The Morgan fingerprint density at radius 1 is 1.09 bits per heavy atom. The van der Waals surface area contributed by atoms with Crippen LogP contribution >= 0.6 is 0 Å². The normalized spacial score (nSPS) is 16.7. The van der Waals surface area contributed by atoms with Gasteiger partial charge in [-0.2, -0.15) is 0 Å². The number of esters is 2. The molecule has 6 nitrogen and oxygen atoms in total. The lowest BCUT2D eigenvalue weighted by molar-refractivity contribution is -0.222. The topological polar surface area (TPSA) is 71.1 Å². The average molecular weight is 320 g/mol. The molecule has 6 heteroatoms. The Labute approximate surface area is 135 Å². The lowest BCUT2D eigenvalue weighted by Crippen LogP contribution is -2.41. The zero-order chi connectivity index (χ0) is 17.2. The predicted molar refractivity (Wildman–Crippen MR) is 83.0 cm³/mol. The summed E-state index contributed by atoms with van der Waals surface area (Å²) in [6, 6.07) is 5.10. The summed E-state index contributed by atoms with van der Waals surface area (Å²) in [7, 11) is 1.52. The maximum atomic E-state index is 11.9. The number of hydrogen-bond donors (Lipinski definition) is 0. The molecule has 1 aliphatic rings. The van der Waals surface area contributed by atoms with Crippen LogP contribution in [-0.4, -0.2) is 30.9 Å². The summed E-state index contributed by atoms with van der Waals surface area (Å²) in [6.07, 6.45) is 1.40. The van der Waals surface area contributed by atoms with E-state index in [2.05, 4.69) is 0 Å². The number of hydrogen-bond acceptors (Lipinski definition) is 6. The molecule has 1 aromatic rings. The van der Waals surface area contributed by atoms with E-state index in [0.717, 1.165) is 0 Å². The summed E-state index contributed by atoms with van der Waals surface area (Å²) in [5, 5.41) is 0. The third-order valence-corrected chi connectivity index (χ3v) is 2.98. The Morgan fingerprint density at radius 2 is 1.70 bits per heavy atom. The van der Waals surface area contributed by atoms with E-state index < -0.39 is 17.7 Å². The van der Waals surface area contributed by atoms with Gasteiger partial charge in [-0.3, -0.25) is 0 Å². The molecule has 0 atom stereocenters. The molecular formula is C17H20O6. The standard InChI is InChI=1S/C17H20O6/c1-10(2)21-13-7-6-11(9-14(13)20-5)8-12-15(18)22-17(3,4)23-16(12)19/h6-10H,1-5H3. The fourth-order valence-electron chi connectivity index (χ4n) is 2.07. The summed E-state index contributed by atoms with van der Waals surface area (Å²) in [5.74, 6) is -1.59. The van der Waals surface area contributed by atoms with Crippen LogP contribution in [0.25, 0.3) is 6.08 Å². The van der Waals surface area contributed by atoms with Gasteiger partial charge in [0.2, 0.25) is 0 Å². The Bertz CT molecular complexity index is 635. The number of cyclic esters (lactones) is 2. The fraction of sp³-hybridized carbons (Fsp3) is 0.412. The second kappa shape index (κ2) is 6.32. The Kier molecular flexibility index (Phi) is 4.63. The number of carbonyl (C=O) groups excluding carboxylic acids is 2. The third-order valence-electron chi connectivity index (χ3n) is 2.98. The molecule has 1 aliphatic heterocycles. The van der Waals surface area contributed by atoms with E-state index in [1.165, 1.54) is 27.0 Å². The van der Waals surface area contributed by atoms with Gasteiger partial charge in [0.05, 0.1) is 13.2 Å². The summed E-state index contributed by atoms with van der Waals surface area (Å²) >= 11 is 0. The first-order chi connectivity index (χ1) is 10.7. The van der Waals surface area contributed by atoms with E-state index in [-0.39, 0.29) is 11.7 Å². The van der Waals surface area contributed by atoms with E-state index in [1.54, 1.807) is 18.2 Å². The van der Waals surface area contributed by atoms with Gasteiger partial charge >= 0.3 is 11.9 Å². The van der Waals surface area contributed by atoms with Gasteiger partial charge < -0.3 is 18.9 Å². The smallest absolute Gasteiger partial charge is 0.348 e. The highest BCUT2D eigenvalue weighted by molar-refractivity contribution is 6.18. The largest absolute Gasteiger partial charge is 0.493 e. The lowest BCUT2D eigenvalue weighted by Gasteiger charge is -2.29. The lowest BCUT2D eigenvalue weighted by atomic mass is 10.1. The molecule has 1 heterocycles. The van der Waals surface area contributed by atoms with Crippen LogP contribution in [0.4, 0.5) is 0 Å². The van der Waals surface area contributed by atoms with E-state index >= 15 is 0 Å². The molecule has 1 fully saturated rings. The van der Waals surface area contributed by atoms with E-state index in [1.807, 2.05) is 13.8 Å². The van der Waals surface area contributed by atoms with Gasteiger partial charge in [0, 0.05) is 13.8 Å². The van der Waals surface area contributed by atoms with Crippen molar-refractivity contribution in [1.29, 1.82) is 0 Å². The monoisotopic (exact) mass is 320 g/mol. The zero-order valence-electron chi connectivity index (χ0n) is 13.8. The van der Waals surface area contributed by atoms with Crippen molar-refractivity contribution in [3.05, 3.63) is 29.3 Å². The van der Waals surface area contributed by atoms with Crippen molar-refractivity contribution in [2.75, 3.05) is 7.11 Å². The van der Waals surface area contributed by atoms with E-state index in [0.29, 0.717) is 17.1 Å². The molecule has 1 saturated heterocycles. The van der Waals surface area contributed by atoms with Crippen LogP contribution in [0.5, 0.6) is 11.5 Å². The van der Waals surface area contributed by atoms with Crippen molar-refractivity contribution >= 4 is 18.0 Å². The van der Waals surface area contributed by atoms with Crippen molar-refractivity contribution in [3.8, 4) is 11.5 Å².